The molecule has 0 saturated heterocycles. The Labute approximate surface area is 138 Å². The van der Waals surface area contributed by atoms with Crippen LogP contribution in [-0.4, -0.2) is 28.4 Å². The molecule has 5 heteroatoms. The Morgan fingerprint density at radius 3 is 2.39 bits per heavy atom. The smallest absolute Gasteiger partial charge is 0.264 e. The standard InChI is InChI=1S/C18H22O4S/c1-14-9-10-18(21-2)17(13-14)16(11-12-22-23(3,19)20)15-7-5-4-6-8-15/h4-10,13,16H,11-12H2,1-3H3. The van der Waals surface area contributed by atoms with E-state index in [9.17, 15) is 8.42 Å². The summed E-state index contributed by atoms with van der Waals surface area (Å²) in [6.07, 6.45) is 1.62. The zero-order valence-corrected chi connectivity index (χ0v) is 14.5. The second-order valence-corrected chi connectivity index (χ2v) is 7.17. The first-order chi connectivity index (χ1) is 10.9. The maximum absolute atomic E-state index is 11.2. The monoisotopic (exact) mass is 334 g/mol. The van der Waals surface area contributed by atoms with Gasteiger partial charge in [-0.2, -0.15) is 8.42 Å². The average Bonchev–Trinajstić information content (AvgIpc) is 2.51. The minimum Gasteiger partial charge on any atom is -0.496 e. The minimum absolute atomic E-state index is 0.00722. The first-order valence-electron chi connectivity index (χ1n) is 7.44. The van der Waals surface area contributed by atoms with Crippen LogP contribution in [0.5, 0.6) is 5.75 Å². The van der Waals surface area contributed by atoms with E-state index in [0.717, 1.165) is 28.7 Å². The van der Waals surface area contributed by atoms with E-state index in [1.165, 1.54) is 0 Å². The predicted octanol–water partition coefficient (Wildman–Crippen LogP) is 3.50. The van der Waals surface area contributed by atoms with Crippen molar-refractivity contribution in [2.24, 2.45) is 0 Å². The minimum atomic E-state index is -3.44. The van der Waals surface area contributed by atoms with E-state index in [1.807, 2.05) is 49.4 Å². The molecule has 2 aromatic rings. The van der Waals surface area contributed by atoms with Crippen LogP contribution in [0.2, 0.25) is 0 Å². The highest BCUT2D eigenvalue weighted by Gasteiger charge is 2.19. The number of benzene rings is 2. The van der Waals surface area contributed by atoms with Crippen LogP contribution in [0, 0.1) is 6.92 Å². The Kier molecular flexibility index (Phi) is 5.80. The average molecular weight is 334 g/mol. The fraction of sp³-hybridized carbons (Fsp3) is 0.333. The Morgan fingerprint density at radius 2 is 1.78 bits per heavy atom. The van der Waals surface area contributed by atoms with Crippen molar-refractivity contribution in [2.75, 3.05) is 20.0 Å². The number of rotatable bonds is 7. The van der Waals surface area contributed by atoms with Gasteiger partial charge in [0.2, 0.25) is 0 Å². The predicted molar refractivity (Wildman–Crippen MR) is 91.4 cm³/mol. The summed E-state index contributed by atoms with van der Waals surface area (Å²) in [6, 6.07) is 16.0. The van der Waals surface area contributed by atoms with Gasteiger partial charge in [-0.15, -0.1) is 0 Å². The quantitative estimate of drug-likeness (QED) is 0.727. The molecule has 0 amide bonds. The molecule has 23 heavy (non-hydrogen) atoms. The number of methoxy groups -OCH3 is 1. The molecule has 1 atom stereocenters. The van der Waals surface area contributed by atoms with E-state index in [2.05, 4.69) is 6.07 Å². The molecule has 2 aromatic carbocycles. The molecule has 0 aliphatic rings. The first-order valence-corrected chi connectivity index (χ1v) is 9.26. The van der Waals surface area contributed by atoms with Crippen molar-refractivity contribution < 1.29 is 17.3 Å². The largest absolute Gasteiger partial charge is 0.496 e. The van der Waals surface area contributed by atoms with E-state index in [4.69, 9.17) is 8.92 Å². The van der Waals surface area contributed by atoms with Gasteiger partial charge in [0.25, 0.3) is 10.1 Å². The van der Waals surface area contributed by atoms with E-state index < -0.39 is 10.1 Å². The van der Waals surface area contributed by atoms with Crippen molar-refractivity contribution in [1.29, 1.82) is 0 Å². The Balaban J connectivity index is 2.36. The molecular formula is C18H22O4S. The molecule has 0 N–H and O–H groups in total. The molecule has 0 bridgehead atoms. The molecule has 2 rings (SSSR count). The molecule has 0 radical (unpaired) electrons. The second kappa shape index (κ2) is 7.62. The first kappa shape index (κ1) is 17.5. The van der Waals surface area contributed by atoms with Crippen molar-refractivity contribution in [3.63, 3.8) is 0 Å². The second-order valence-electron chi connectivity index (χ2n) is 5.52. The fourth-order valence-corrected chi connectivity index (χ4v) is 3.03. The molecule has 0 heterocycles. The van der Waals surface area contributed by atoms with Gasteiger partial charge in [0.15, 0.2) is 0 Å². The van der Waals surface area contributed by atoms with Crippen molar-refractivity contribution >= 4 is 10.1 Å². The van der Waals surface area contributed by atoms with Crippen LogP contribution < -0.4 is 4.74 Å². The summed E-state index contributed by atoms with van der Waals surface area (Å²) in [7, 11) is -1.80. The van der Waals surface area contributed by atoms with Gasteiger partial charge in [0, 0.05) is 11.5 Å². The van der Waals surface area contributed by atoms with Crippen molar-refractivity contribution in [3.05, 3.63) is 65.2 Å². The molecule has 0 spiro atoms. The molecule has 0 fully saturated rings. The van der Waals surface area contributed by atoms with Crippen LogP contribution in [0.3, 0.4) is 0 Å². The van der Waals surface area contributed by atoms with E-state index in [0.29, 0.717) is 6.42 Å². The number of hydrogen-bond acceptors (Lipinski definition) is 4. The van der Waals surface area contributed by atoms with E-state index in [1.54, 1.807) is 7.11 Å². The van der Waals surface area contributed by atoms with Gasteiger partial charge in [-0.05, 0) is 25.0 Å². The Hall–Kier alpha value is -1.85. The van der Waals surface area contributed by atoms with Gasteiger partial charge in [-0.25, -0.2) is 0 Å². The third kappa shape index (κ3) is 5.08. The number of hydrogen-bond donors (Lipinski definition) is 0. The topological polar surface area (TPSA) is 52.6 Å². The molecule has 0 aliphatic carbocycles. The summed E-state index contributed by atoms with van der Waals surface area (Å²) in [5.41, 5.74) is 3.27. The lowest BCUT2D eigenvalue weighted by Gasteiger charge is -2.21. The fourth-order valence-electron chi connectivity index (χ4n) is 2.63. The van der Waals surface area contributed by atoms with Crippen LogP contribution in [0.4, 0.5) is 0 Å². The Morgan fingerprint density at radius 1 is 1.09 bits per heavy atom. The molecule has 0 aromatic heterocycles. The number of ether oxygens (including phenoxy) is 1. The van der Waals surface area contributed by atoms with Gasteiger partial charge in [-0.3, -0.25) is 4.18 Å². The van der Waals surface area contributed by atoms with Crippen LogP contribution in [-0.2, 0) is 14.3 Å². The summed E-state index contributed by atoms with van der Waals surface area (Å²) in [4.78, 5) is 0. The van der Waals surface area contributed by atoms with Crippen molar-refractivity contribution in [1.82, 2.24) is 0 Å². The molecule has 0 saturated carbocycles. The molecule has 4 nitrogen and oxygen atoms in total. The summed E-state index contributed by atoms with van der Waals surface area (Å²) >= 11 is 0. The van der Waals surface area contributed by atoms with Gasteiger partial charge < -0.3 is 4.74 Å². The zero-order valence-electron chi connectivity index (χ0n) is 13.7. The van der Waals surface area contributed by atoms with E-state index >= 15 is 0 Å². The van der Waals surface area contributed by atoms with Crippen LogP contribution in [0.25, 0.3) is 0 Å². The highest BCUT2D eigenvalue weighted by Crippen LogP contribution is 2.35. The van der Waals surface area contributed by atoms with E-state index in [-0.39, 0.29) is 12.5 Å². The highest BCUT2D eigenvalue weighted by molar-refractivity contribution is 7.85. The van der Waals surface area contributed by atoms with Crippen LogP contribution in [0.1, 0.15) is 29.0 Å². The molecule has 1 unspecified atom stereocenters. The molecule has 0 aliphatic heterocycles. The summed E-state index contributed by atoms with van der Waals surface area (Å²) < 4.78 is 32.9. The third-order valence-electron chi connectivity index (χ3n) is 3.67. The van der Waals surface area contributed by atoms with Gasteiger partial charge in [-0.1, -0.05) is 48.0 Å². The lowest BCUT2D eigenvalue weighted by molar-refractivity contribution is 0.307. The zero-order chi connectivity index (χ0) is 16.9. The highest BCUT2D eigenvalue weighted by atomic mass is 32.2. The van der Waals surface area contributed by atoms with Crippen LogP contribution >= 0.6 is 0 Å². The summed E-state index contributed by atoms with van der Waals surface area (Å²) in [5.74, 6) is 0.802. The summed E-state index contributed by atoms with van der Waals surface area (Å²) in [5, 5.41) is 0. The van der Waals surface area contributed by atoms with Crippen molar-refractivity contribution in [2.45, 2.75) is 19.3 Å². The summed E-state index contributed by atoms with van der Waals surface area (Å²) in [6.45, 7) is 2.16. The van der Waals surface area contributed by atoms with Crippen molar-refractivity contribution in [3.8, 4) is 5.75 Å². The number of aryl methyl sites for hydroxylation is 1. The normalized spacial score (nSPS) is 12.8. The van der Waals surface area contributed by atoms with Gasteiger partial charge in [0.1, 0.15) is 5.75 Å². The molecule has 124 valence electrons. The maximum atomic E-state index is 11.2. The van der Waals surface area contributed by atoms with Crippen LogP contribution in [0.15, 0.2) is 48.5 Å². The lowest BCUT2D eigenvalue weighted by atomic mass is 9.87. The Bertz CT molecular complexity index is 739. The molecular weight excluding hydrogens is 312 g/mol. The van der Waals surface area contributed by atoms with Gasteiger partial charge >= 0.3 is 0 Å². The lowest BCUT2D eigenvalue weighted by Crippen LogP contribution is -2.10. The third-order valence-corrected chi connectivity index (χ3v) is 4.26. The van der Waals surface area contributed by atoms with Gasteiger partial charge in [0.05, 0.1) is 20.0 Å². The maximum Gasteiger partial charge on any atom is 0.264 e. The SMILES string of the molecule is COc1ccc(C)cc1C(CCOS(C)(=O)=O)c1ccccc1.